The topological polar surface area (TPSA) is 68.7 Å². The summed E-state index contributed by atoms with van der Waals surface area (Å²) in [6.45, 7) is 0.393. The largest absolute Gasteiger partial charge is 0.496 e. The number of hydrogen-bond acceptors (Lipinski definition) is 4. The van der Waals surface area contributed by atoms with Gasteiger partial charge in [-0.15, -0.1) is 0 Å². The Hall–Kier alpha value is -2.43. The van der Waals surface area contributed by atoms with Crippen molar-refractivity contribution in [3.63, 3.8) is 0 Å². The monoisotopic (exact) mass is 260 g/mol. The van der Waals surface area contributed by atoms with E-state index in [0.29, 0.717) is 23.5 Å². The summed E-state index contributed by atoms with van der Waals surface area (Å²) in [5.41, 5.74) is 6.68. The molecule has 0 radical (unpaired) electrons. The Morgan fingerprint density at radius 3 is 2.84 bits per heavy atom. The fraction of sp³-hybridized carbons (Fsp3) is 0.214. The van der Waals surface area contributed by atoms with Gasteiger partial charge in [-0.25, -0.2) is 0 Å². The molecule has 100 valence electrons. The van der Waals surface area contributed by atoms with Gasteiger partial charge in [0.15, 0.2) is 0 Å². The second kappa shape index (κ2) is 5.48. The summed E-state index contributed by atoms with van der Waals surface area (Å²) in [6.07, 6.45) is 1.58. The van der Waals surface area contributed by atoms with E-state index in [1.807, 2.05) is 6.07 Å². The third-order valence-electron chi connectivity index (χ3n) is 2.77. The average Bonchev–Trinajstić information content (AvgIpc) is 2.90. The molecule has 2 N–H and O–H groups in total. The van der Waals surface area contributed by atoms with Gasteiger partial charge in [0.2, 0.25) is 0 Å². The maximum atomic E-state index is 12.4. The van der Waals surface area contributed by atoms with E-state index < -0.39 is 0 Å². The fourth-order valence-corrected chi connectivity index (χ4v) is 1.81. The number of furan rings is 1. The number of nitrogens with zero attached hydrogens (tertiary/aromatic N) is 1. The Morgan fingerprint density at radius 2 is 2.21 bits per heavy atom. The molecular weight excluding hydrogens is 244 g/mol. The number of carbonyl (C=O) groups is 1. The minimum atomic E-state index is -0.166. The van der Waals surface area contributed by atoms with E-state index in [1.165, 1.54) is 7.11 Å². The number of carbonyl (C=O) groups excluding carboxylic acids is 1. The van der Waals surface area contributed by atoms with Crippen molar-refractivity contribution >= 4 is 11.6 Å². The van der Waals surface area contributed by atoms with Gasteiger partial charge in [-0.3, -0.25) is 4.79 Å². The first kappa shape index (κ1) is 13.0. The Bertz CT molecular complexity index is 564. The lowest BCUT2D eigenvalue weighted by molar-refractivity contribution is 0.0772. The van der Waals surface area contributed by atoms with E-state index in [9.17, 15) is 4.79 Å². The second-order valence-corrected chi connectivity index (χ2v) is 4.20. The normalized spacial score (nSPS) is 10.2. The maximum absolute atomic E-state index is 12.4. The molecule has 5 nitrogen and oxygen atoms in total. The molecule has 1 aromatic heterocycles. The predicted molar refractivity (Wildman–Crippen MR) is 71.9 cm³/mol. The molecule has 19 heavy (non-hydrogen) atoms. The molecule has 1 amide bonds. The molecule has 0 atom stereocenters. The van der Waals surface area contributed by atoms with Crippen molar-refractivity contribution in [3.8, 4) is 5.75 Å². The molecule has 0 fully saturated rings. The first-order valence-corrected chi connectivity index (χ1v) is 5.83. The average molecular weight is 260 g/mol. The summed E-state index contributed by atoms with van der Waals surface area (Å²) in [7, 11) is 3.22. The van der Waals surface area contributed by atoms with Gasteiger partial charge >= 0.3 is 0 Å². The van der Waals surface area contributed by atoms with E-state index in [0.717, 1.165) is 5.76 Å². The fourth-order valence-electron chi connectivity index (χ4n) is 1.81. The molecule has 5 heteroatoms. The van der Waals surface area contributed by atoms with Crippen LogP contribution in [0.4, 0.5) is 5.69 Å². The number of methoxy groups -OCH3 is 1. The molecule has 1 aromatic carbocycles. The van der Waals surface area contributed by atoms with Crippen LogP contribution in [0.25, 0.3) is 0 Å². The summed E-state index contributed by atoms with van der Waals surface area (Å²) in [5.74, 6) is 1.06. The number of benzene rings is 1. The van der Waals surface area contributed by atoms with Crippen molar-refractivity contribution in [1.29, 1.82) is 0 Å². The summed E-state index contributed by atoms with van der Waals surface area (Å²) in [4.78, 5) is 13.9. The van der Waals surface area contributed by atoms with Crippen molar-refractivity contribution in [2.75, 3.05) is 19.9 Å². The van der Waals surface area contributed by atoms with Gasteiger partial charge in [0.1, 0.15) is 11.5 Å². The Kier molecular flexibility index (Phi) is 3.75. The van der Waals surface area contributed by atoms with Crippen molar-refractivity contribution in [1.82, 2.24) is 4.90 Å². The van der Waals surface area contributed by atoms with Gasteiger partial charge in [-0.05, 0) is 30.3 Å². The number of nitrogen functional groups attached to an aromatic ring is 1. The molecule has 2 rings (SSSR count). The first-order chi connectivity index (χ1) is 9.11. The molecule has 0 saturated heterocycles. The van der Waals surface area contributed by atoms with Gasteiger partial charge in [0.05, 0.1) is 25.5 Å². The van der Waals surface area contributed by atoms with Crippen LogP contribution in [0.3, 0.4) is 0 Å². The number of nitrogens with two attached hydrogens (primary N) is 1. The van der Waals surface area contributed by atoms with Crippen LogP contribution in [-0.4, -0.2) is 25.0 Å². The lowest BCUT2D eigenvalue weighted by Gasteiger charge is -2.17. The van der Waals surface area contributed by atoms with Crippen molar-refractivity contribution < 1.29 is 13.9 Å². The van der Waals surface area contributed by atoms with Crippen molar-refractivity contribution in [2.24, 2.45) is 0 Å². The molecule has 0 spiro atoms. The third-order valence-corrected chi connectivity index (χ3v) is 2.77. The van der Waals surface area contributed by atoms with Gasteiger partial charge in [-0.2, -0.15) is 0 Å². The van der Waals surface area contributed by atoms with Gasteiger partial charge in [0.25, 0.3) is 5.91 Å². The van der Waals surface area contributed by atoms with Gasteiger partial charge in [0, 0.05) is 12.7 Å². The van der Waals surface area contributed by atoms with Gasteiger partial charge < -0.3 is 19.8 Å². The summed E-state index contributed by atoms with van der Waals surface area (Å²) < 4.78 is 10.4. The standard InChI is InChI=1S/C14H16N2O3/c1-16(9-11-4-3-7-19-11)14(17)12-8-10(15)5-6-13(12)18-2/h3-8H,9,15H2,1-2H3. The highest BCUT2D eigenvalue weighted by molar-refractivity contribution is 5.97. The number of ether oxygens (including phenoxy) is 1. The van der Waals surface area contributed by atoms with E-state index in [1.54, 1.807) is 42.5 Å². The molecular formula is C14H16N2O3. The van der Waals surface area contributed by atoms with Crippen LogP contribution in [0, 0.1) is 0 Å². The van der Waals surface area contributed by atoms with Crippen molar-refractivity contribution in [3.05, 3.63) is 47.9 Å². The van der Waals surface area contributed by atoms with Crippen LogP contribution < -0.4 is 10.5 Å². The third kappa shape index (κ3) is 2.88. The zero-order valence-corrected chi connectivity index (χ0v) is 10.9. The number of rotatable bonds is 4. The van der Waals surface area contributed by atoms with Crippen LogP contribution in [-0.2, 0) is 6.54 Å². The lowest BCUT2D eigenvalue weighted by Crippen LogP contribution is -2.26. The van der Waals surface area contributed by atoms with E-state index in [2.05, 4.69) is 0 Å². The molecule has 0 aliphatic rings. The predicted octanol–water partition coefficient (Wildman–Crippen LogP) is 2.14. The SMILES string of the molecule is COc1ccc(N)cc1C(=O)N(C)Cc1ccco1. The summed E-state index contributed by atoms with van der Waals surface area (Å²) in [6, 6.07) is 8.60. The number of anilines is 1. The second-order valence-electron chi connectivity index (χ2n) is 4.20. The molecule has 0 bridgehead atoms. The quantitative estimate of drug-likeness (QED) is 0.855. The summed E-state index contributed by atoms with van der Waals surface area (Å²) >= 11 is 0. The van der Waals surface area contributed by atoms with Crippen LogP contribution in [0.15, 0.2) is 41.0 Å². The maximum Gasteiger partial charge on any atom is 0.257 e. The van der Waals surface area contributed by atoms with E-state index in [-0.39, 0.29) is 5.91 Å². The van der Waals surface area contributed by atoms with Gasteiger partial charge in [-0.1, -0.05) is 0 Å². The highest BCUT2D eigenvalue weighted by Crippen LogP contribution is 2.23. The molecule has 0 aliphatic carbocycles. The smallest absolute Gasteiger partial charge is 0.257 e. The van der Waals surface area contributed by atoms with Crippen LogP contribution in [0.1, 0.15) is 16.1 Å². The van der Waals surface area contributed by atoms with E-state index >= 15 is 0 Å². The minimum absolute atomic E-state index is 0.166. The minimum Gasteiger partial charge on any atom is -0.496 e. The summed E-state index contributed by atoms with van der Waals surface area (Å²) in [5, 5.41) is 0. The Labute approximate surface area is 111 Å². The lowest BCUT2D eigenvalue weighted by atomic mass is 10.1. The molecule has 0 aliphatic heterocycles. The number of hydrogen-bond donors (Lipinski definition) is 1. The Morgan fingerprint density at radius 1 is 1.42 bits per heavy atom. The van der Waals surface area contributed by atoms with E-state index in [4.69, 9.17) is 14.9 Å². The zero-order chi connectivity index (χ0) is 13.8. The van der Waals surface area contributed by atoms with Crippen molar-refractivity contribution in [2.45, 2.75) is 6.54 Å². The zero-order valence-electron chi connectivity index (χ0n) is 10.9. The molecule has 1 heterocycles. The molecule has 0 saturated carbocycles. The molecule has 2 aromatic rings. The molecule has 0 unspecified atom stereocenters. The van der Waals surface area contributed by atoms with Crippen LogP contribution in [0.5, 0.6) is 5.75 Å². The first-order valence-electron chi connectivity index (χ1n) is 5.83. The van der Waals surface area contributed by atoms with Crippen LogP contribution >= 0.6 is 0 Å². The highest BCUT2D eigenvalue weighted by atomic mass is 16.5. The Balaban J connectivity index is 2.21. The van der Waals surface area contributed by atoms with Crippen LogP contribution in [0.2, 0.25) is 0 Å². The highest BCUT2D eigenvalue weighted by Gasteiger charge is 2.17. The number of amides is 1.